The van der Waals surface area contributed by atoms with Crippen molar-refractivity contribution in [2.24, 2.45) is 17.8 Å². The molecule has 0 bridgehead atoms. The van der Waals surface area contributed by atoms with Crippen molar-refractivity contribution >= 4 is 5.91 Å². The van der Waals surface area contributed by atoms with Gasteiger partial charge in [0.2, 0.25) is 5.91 Å². The molecule has 1 heterocycles. The second kappa shape index (κ2) is 8.49. The topological polar surface area (TPSA) is 32.3 Å². The molecule has 1 aliphatic rings. The zero-order valence-corrected chi connectivity index (χ0v) is 15.1. The van der Waals surface area contributed by atoms with Crippen LogP contribution in [0.5, 0.6) is 0 Å². The first-order valence-corrected chi connectivity index (χ1v) is 9.04. The molecule has 0 aliphatic carbocycles. The van der Waals surface area contributed by atoms with Crippen LogP contribution in [0.2, 0.25) is 0 Å². The molecule has 1 aromatic rings. The average Bonchev–Trinajstić information content (AvgIpc) is 2.53. The maximum absolute atomic E-state index is 12.7. The maximum atomic E-state index is 12.7. The third kappa shape index (κ3) is 5.35. The van der Waals surface area contributed by atoms with E-state index in [1.54, 1.807) is 0 Å². The summed E-state index contributed by atoms with van der Waals surface area (Å²) in [4.78, 5) is 15.1. The van der Waals surface area contributed by atoms with Gasteiger partial charge in [-0.1, -0.05) is 58.0 Å². The summed E-state index contributed by atoms with van der Waals surface area (Å²) in [7, 11) is 0. The first-order chi connectivity index (χ1) is 11.0. The molecule has 3 heteroatoms. The molecule has 0 saturated carbocycles. The molecule has 128 valence electrons. The lowest BCUT2D eigenvalue weighted by Crippen LogP contribution is -2.48. The van der Waals surface area contributed by atoms with E-state index in [0.29, 0.717) is 11.8 Å². The summed E-state index contributed by atoms with van der Waals surface area (Å²) in [5.74, 6) is 1.33. The summed E-state index contributed by atoms with van der Waals surface area (Å²) in [5.41, 5.74) is 1.33. The SMILES string of the molecule is CC(C)C(NC(=O)C1CCCN(Cc2ccccc2)C1)C(C)C. The zero-order chi connectivity index (χ0) is 16.8. The first-order valence-electron chi connectivity index (χ1n) is 9.04. The molecule has 0 radical (unpaired) electrons. The molecule has 23 heavy (non-hydrogen) atoms. The summed E-state index contributed by atoms with van der Waals surface area (Å²) in [6, 6.07) is 10.8. The Bertz CT molecular complexity index is 476. The van der Waals surface area contributed by atoms with Gasteiger partial charge in [0.05, 0.1) is 5.92 Å². The van der Waals surface area contributed by atoms with Crippen LogP contribution in [0.4, 0.5) is 0 Å². The minimum absolute atomic E-state index is 0.132. The lowest BCUT2D eigenvalue weighted by atomic mass is 9.91. The van der Waals surface area contributed by atoms with Crippen LogP contribution in [0, 0.1) is 17.8 Å². The molecule has 1 atom stereocenters. The summed E-state index contributed by atoms with van der Waals surface area (Å²) >= 11 is 0. The number of hydrogen-bond donors (Lipinski definition) is 1. The Morgan fingerprint density at radius 2 is 1.83 bits per heavy atom. The van der Waals surface area contributed by atoms with Crippen LogP contribution in [0.25, 0.3) is 0 Å². The molecule has 0 spiro atoms. The summed E-state index contributed by atoms with van der Waals surface area (Å²) in [6.45, 7) is 11.7. The van der Waals surface area contributed by atoms with Crippen molar-refractivity contribution < 1.29 is 4.79 Å². The fraction of sp³-hybridized carbons (Fsp3) is 0.650. The normalized spacial score (nSPS) is 19.5. The van der Waals surface area contributed by atoms with E-state index >= 15 is 0 Å². The molecular formula is C20H32N2O. The van der Waals surface area contributed by atoms with Gasteiger partial charge < -0.3 is 5.32 Å². The Morgan fingerprint density at radius 1 is 1.17 bits per heavy atom. The van der Waals surface area contributed by atoms with E-state index in [2.05, 4.69) is 62.2 Å². The number of hydrogen-bond acceptors (Lipinski definition) is 2. The van der Waals surface area contributed by atoms with Crippen molar-refractivity contribution in [1.29, 1.82) is 0 Å². The quantitative estimate of drug-likeness (QED) is 0.868. The van der Waals surface area contributed by atoms with Gasteiger partial charge in [-0.25, -0.2) is 0 Å². The average molecular weight is 316 g/mol. The van der Waals surface area contributed by atoms with Crippen LogP contribution < -0.4 is 5.32 Å². The van der Waals surface area contributed by atoms with Crippen LogP contribution >= 0.6 is 0 Å². The number of nitrogens with zero attached hydrogens (tertiary/aromatic N) is 1. The Balaban J connectivity index is 1.91. The van der Waals surface area contributed by atoms with Gasteiger partial charge >= 0.3 is 0 Å². The monoisotopic (exact) mass is 316 g/mol. The summed E-state index contributed by atoms with van der Waals surface area (Å²) in [6.07, 6.45) is 2.12. The highest BCUT2D eigenvalue weighted by Gasteiger charge is 2.28. The van der Waals surface area contributed by atoms with Gasteiger partial charge in [0.1, 0.15) is 0 Å². The lowest BCUT2D eigenvalue weighted by Gasteiger charge is -2.34. The Labute approximate surface area is 141 Å². The minimum atomic E-state index is 0.132. The predicted molar refractivity (Wildman–Crippen MR) is 96.0 cm³/mol. The van der Waals surface area contributed by atoms with Crippen molar-refractivity contribution in [3.8, 4) is 0 Å². The summed E-state index contributed by atoms with van der Waals surface area (Å²) < 4.78 is 0. The van der Waals surface area contributed by atoms with Gasteiger partial charge in [-0.05, 0) is 36.8 Å². The van der Waals surface area contributed by atoms with Crippen LogP contribution in [-0.2, 0) is 11.3 Å². The second-order valence-corrected chi connectivity index (χ2v) is 7.58. The molecule has 1 saturated heterocycles. The van der Waals surface area contributed by atoms with Gasteiger partial charge in [-0.2, -0.15) is 0 Å². The van der Waals surface area contributed by atoms with E-state index in [4.69, 9.17) is 0 Å². The lowest BCUT2D eigenvalue weighted by molar-refractivity contribution is -0.128. The van der Waals surface area contributed by atoms with Gasteiger partial charge in [0.25, 0.3) is 0 Å². The molecule has 3 nitrogen and oxygen atoms in total. The molecule has 1 aliphatic heterocycles. The fourth-order valence-electron chi connectivity index (χ4n) is 3.64. The molecule has 1 N–H and O–H groups in total. The van der Waals surface area contributed by atoms with E-state index < -0.39 is 0 Å². The maximum Gasteiger partial charge on any atom is 0.224 e. The van der Waals surface area contributed by atoms with E-state index in [0.717, 1.165) is 32.5 Å². The minimum Gasteiger partial charge on any atom is -0.353 e. The van der Waals surface area contributed by atoms with Crippen molar-refractivity contribution in [2.75, 3.05) is 13.1 Å². The van der Waals surface area contributed by atoms with E-state index in [9.17, 15) is 4.79 Å². The second-order valence-electron chi connectivity index (χ2n) is 7.58. The van der Waals surface area contributed by atoms with Crippen molar-refractivity contribution in [2.45, 2.75) is 53.1 Å². The molecule has 1 amide bonds. The number of benzene rings is 1. The van der Waals surface area contributed by atoms with E-state index in [1.165, 1.54) is 5.56 Å². The number of carbonyl (C=O) groups excluding carboxylic acids is 1. The Morgan fingerprint density at radius 3 is 2.43 bits per heavy atom. The smallest absolute Gasteiger partial charge is 0.224 e. The molecular weight excluding hydrogens is 284 g/mol. The van der Waals surface area contributed by atoms with Gasteiger partial charge in [0, 0.05) is 19.1 Å². The third-order valence-corrected chi connectivity index (χ3v) is 4.87. The van der Waals surface area contributed by atoms with Crippen molar-refractivity contribution in [3.63, 3.8) is 0 Å². The number of carbonyl (C=O) groups is 1. The van der Waals surface area contributed by atoms with Gasteiger partial charge in [0.15, 0.2) is 0 Å². The fourth-order valence-corrected chi connectivity index (χ4v) is 3.64. The van der Waals surface area contributed by atoms with Crippen LogP contribution in [0.3, 0.4) is 0 Å². The largest absolute Gasteiger partial charge is 0.353 e. The summed E-state index contributed by atoms with van der Waals surface area (Å²) in [5, 5.41) is 3.30. The molecule has 1 aromatic carbocycles. The Kier molecular flexibility index (Phi) is 6.64. The van der Waals surface area contributed by atoms with Crippen molar-refractivity contribution in [1.82, 2.24) is 10.2 Å². The number of likely N-dealkylation sites (tertiary alicyclic amines) is 1. The Hall–Kier alpha value is -1.35. The number of piperidine rings is 1. The van der Waals surface area contributed by atoms with Crippen LogP contribution in [0.15, 0.2) is 30.3 Å². The molecule has 1 unspecified atom stereocenters. The van der Waals surface area contributed by atoms with Crippen LogP contribution in [-0.4, -0.2) is 29.9 Å². The number of rotatable bonds is 6. The van der Waals surface area contributed by atoms with E-state index in [-0.39, 0.29) is 17.9 Å². The molecule has 1 fully saturated rings. The van der Waals surface area contributed by atoms with Crippen molar-refractivity contribution in [3.05, 3.63) is 35.9 Å². The van der Waals surface area contributed by atoms with Gasteiger partial charge in [-0.15, -0.1) is 0 Å². The highest BCUT2D eigenvalue weighted by molar-refractivity contribution is 5.79. The highest BCUT2D eigenvalue weighted by atomic mass is 16.2. The molecule has 0 aromatic heterocycles. The number of nitrogens with one attached hydrogen (secondary N) is 1. The third-order valence-electron chi connectivity index (χ3n) is 4.87. The van der Waals surface area contributed by atoms with Crippen LogP contribution in [0.1, 0.15) is 46.1 Å². The molecule has 2 rings (SSSR count). The standard InChI is InChI=1S/C20H32N2O/c1-15(2)19(16(3)4)21-20(23)18-11-8-12-22(14-18)13-17-9-6-5-7-10-17/h5-7,9-10,15-16,18-19H,8,11-14H2,1-4H3,(H,21,23). The highest BCUT2D eigenvalue weighted by Crippen LogP contribution is 2.20. The zero-order valence-electron chi connectivity index (χ0n) is 15.1. The first kappa shape index (κ1) is 18.0. The van der Waals surface area contributed by atoms with E-state index in [1.807, 2.05) is 6.07 Å². The van der Waals surface area contributed by atoms with Gasteiger partial charge in [-0.3, -0.25) is 9.69 Å². The predicted octanol–water partition coefficient (Wildman–Crippen LogP) is 3.70. The number of amides is 1.